The Kier molecular flexibility index (Phi) is 3.62. The standard InChI is InChI=1S/C8H8BrNO2S/c1-2-7(10(11)12)3-6-4-8(9)13-5-6/h3-5H,2H2,1H3/b7-3-. The number of nitro groups is 1. The Balaban J connectivity index is 2.91. The van der Waals surface area contributed by atoms with Crippen LogP contribution in [0.4, 0.5) is 0 Å². The van der Waals surface area contributed by atoms with Gasteiger partial charge in [0, 0.05) is 12.5 Å². The molecule has 0 radical (unpaired) electrons. The summed E-state index contributed by atoms with van der Waals surface area (Å²) >= 11 is 4.82. The van der Waals surface area contributed by atoms with Crippen LogP contribution < -0.4 is 0 Å². The van der Waals surface area contributed by atoms with Crippen molar-refractivity contribution in [3.8, 4) is 0 Å². The molecule has 3 nitrogen and oxygen atoms in total. The van der Waals surface area contributed by atoms with Crippen molar-refractivity contribution in [3.05, 3.63) is 36.6 Å². The number of halogens is 1. The summed E-state index contributed by atoms with van der Waals surface area (Å²) in [6.45, 7) is 1.77. The van der Waals surface area contributed by atoms with Crippen molar-refractivity contribution in [1.29, 1.82) is 0 Å². The van der Waals surface area contributed by atoms with E-state index in [9.17, 15) is 10.1 Å². The lowest BCUT2D eigenvalue weighted by atomic mass is 10.2. The lowest BCUT2D eigenvalue weighted by Gasteiger charge is -1.91. The van der Waals surface area contributed by atoms with Gasteiger partial charge in [-0.3, -0.25) is 10.1 Å². The maximum absolute atomic E-state index is 10.5. The van der Waals surface area contributed by atoms with Gasteiger partial charge in [0.15, 0.2) is 0 Å². The predicted octanol–water partition coefficient (Wildman–Crippen LogP) is 3.54. The van der Waals surface area contributed by atoms with Crippen molar-refractivity contribution in [2.45, 2.75) is 13.3 Å². The van der Waals surface area contributed by atoms with Crippen LogP contribution in [0.2, 0.25) is 0 Å². The van der Waals surface area contributed by atoms with Crippen molar-refractivity contribution < 1.29 is 4.92 Å². The van der Waals surface area contributed by atoms with Crippen LogP contribution in [-0.4, -0.2) is 4.92 Å². The Morgan fingerprint density at radius 2 is 2.54 bits per heavy atom. The quantitative estimate of drug-likeness (QED) is 0.617. The van der Waals surface area contributed by atoms with E-state index in [1.807, 2.05) is 11.4 Å². The van der Waals surface area contributed by atoms with Gasteiger partial charge in [-0.05, 0) is 32.9 Å². The van der Waals surface area contributed by atoms with E-state index in [0.717, 1.165) is 9.35 Å². The van der Waals surface area contributed by atoms with Crippen LogP contribution in [0.15, 0.2) is 20.9 Å². The number of allylic oxidation sites excluding steroid dienone is 1. The molecule has 0 amide bonds. The summed E-state index contributed by atoms with van der Waals surface area (Å²) in [4.78, 5) is 10.1. The topological polar surface area (TPSA) is 43.1 Å². The molecule has 0 unspecified atom stereocenters. The average Bonchev–Trinajstić information content (AvgIpc) is 2.46. The van der Waals surface area contributed by atoms with Crippen LogP contribution in [0.25, 0.3) is 6.08 Å². The molecule has 0 aliphatic rings. The number of rotatable bonds is 3. The van der Waals surface area contributed by atoms with E-state index in [2.05, 4.69) is 15.9 Å². The lowest BCUT2D eigenvalue weighted by molar-refractivity contribution is -0.425. The number of hydrogen-bond acceptors (Lipinski definition) is 3. The van der Waals surface area contributed by atoms with E-state index in [4.69, 9.17) is 0 Å². The van der Waals surface area contributed by atoms with E-state index < -0.39 is 0 Å². The van der Waals surface area contributed by atoms with Gasteiger partial charge in [-0.2, -0.15) is 0 Å². The first-order chi connectivity index (χ1) is 6.13. The van der Waals surface area contributed by atoms with Gasteiger partial charge in [0.2, 0.25) is 5.70 Å². The van der Waals surface area contributed by atoms with Crippen molar-refractivity contribution in [1.82, 2.24) is 0 Å². The molecule has 0 spiro atoms. The predicted molar refractivity (Wildman–Crippen MR) is 57.3 cm³/mol. The molecule has 0 aliphatic carbocycles. The number of nitrogens with zero attached hydrogens (tertiary/aromatic N) is 1. The number of thiophene rings is 1. The largest absolute Gasteiger partial charge is 0.259 e. The fourth-order valence-electron chi connectivity index (χ4n) is 0.875. The molecule has 5 heteroatoms. The van der Waals surface area contributed by atoms with E-state index in [0.29, 0.717) is 6.42 Å². The SMILES string of the molecule is CC/C(=C/c1csc(Br)c1)[N+](=O)[O-]. The van der Waals surface area contributed by atoms with E-state index in [-0.39, 0.29) is 10.6 Å². The lowest BCUT2D eigenvalue weighted by Crippen LogP contribution is -1.95. The van der Waals surface area contributed by atoms with Crippen molar-refractivity contribution in [2.24, 2.45) is 0 Å². The molecule has 1 rings (SSSR count). The zero-order chi connectivity index (χ0) is 9.84. The zero-order valence-corrected chi connectivity index (χ0v) is 9.39. The third kappa shape index (κ3) is 2.93. The Morgan fingerprint density at radius 1 is 1.85 bits per heavy atom. The summed E-state index contributed by atoms with van der Waals surface area (Å²) in [5, 5.41) is 12.3. The summed E-state index contributed by atoms with van der Waals surface area (Å²) in [7, 11) is 0. The second-order valence-corrected chi connectivity index (χ2v) is 4.72. The molecule has 1 heterocycles. The Bertz CT molecular complexity index is 346. The molecule has 0 fully saturated rings. The minimum absolute atomic E-state index is 0.241. The summed E-state index contributed by atoms with van der Waals surface area (Å²) in [6, 6.07) is 1.86. The van der Waals surface area contributed by atoms with E-state index in [1.54, 1.807) is 13.0 Å². The first-order valence-corrected chi connectivity index (χ1v) is 5.39. The van der Waals surface area contributed by atoms with Crippen molar-refractivity contribution in [2.75, 3.05) is 0 Å². The van der Waals surface area contributed by atoms with Crippen molar-refractivity contribution >= 4 is 33.3 Å². The van der Waals surface area contributed by atoms with Gasteiger partial charge < -0.3 is 0 Å². The zero-order valence-electron chi connectivity index (χ0n) is 6.99. The van der Waals surface area contributed by atoms with Gasteiger partial charge in [-0.25, -0.2) is 0 Å². The van der Waals surface area contributed by atoms with Crippen LogP contribution in [0.1, 0.15) is 18.9 Å². The highest BCUT2D eigenvalue weighted by Gasteiger charge is 2.07. The molecule has 0 N–H and O–H groups in total. The van der Waals surface area contributed by atoms with Gasteiger partial charge in [0.25, 0.3) is 0 Å². The van der Waals surface area contributed by atoms with Crippen LogP contribution in [0.3, 0.4) is 0 Å². The maximum Gasteiger partial charge on any atom is 0.246 e. The third-order valence-corrected chi connectivity index (χ3v) is 3.04. The van der Waals surface area contributed by atoms with Gasteiger partial charge in [-0.15, -0.1) is 11.3 Å². The summed E-state index contributed by atoms with van der Waals surface area (Å²) in [6.07, 6.45) is 2.04. The number of hydrogen-bond donors (Lipinski definition) is 0. The second-order valence-electron chi connectivity index (χ2n) is 2.43. The minimum atomic E-state index is -0.342. The Hall–Kier alpha value is -0.680. The Morgan fingerprint density at radius 3 is 2.92 bits per heavy atom. The van der Waals surface area contributed by atoms with Gasteiger partial charge >= 0.3 is 0 Å². The fraction of sp³-hybridized carbons (Fsp3) is 0.250. The van der Waals surface area contributed by atoms with Crippen LogP contribution in [-0.2, 0) is 0 Å². The molecular formula is C8H8BrNO2S. The van der Waals surface area contributed by atoms with E-state index in [1.165, 1.54) is 11.3 Å². The molecule has 0 aromatic carbocycles. The van der Waals surface area contributed by atoms with Gasteiger partial charge in [-0.1, -0.05) is 6.92 Å². The summed E-state index contributed by atoms with van der Waals surface area (Å²) in [5.41, 5.74) is 1.12. The van der Waals surface area contributed by atoms with Crippen LogP contribution >= 0.6 is 27.3 Å². The first kappa shape index (κ1) is 10.4. The molecule has 1 aromatic rings. The second kappa shape index (κ2) is 4.53. The van der Waals surface area contributed by atoms with Gasteiger partial charge in [0.1, 0.15) is 0 Å². The Labute approximate surface area is 88.4 Å². The molecule has 0 bridgehead atoms. The average molecular weight is 262 g/mol. The summed E-state index contributed by atoms with van der Waals surface area (Å²) in [5.74, 6) is 0. The first-order valence-electron chi connectivity index (χ1n) is 3.72. The highest BCUT2D eigenvalue weighted by atomic mass is 79.9. The monoisotopic (exact) mass is 261 g/mol. The molecule has 70 valence electrons. The highest BCUT2D eigenvalue weighted by molar-refractivity contribution is 9.11. The molecule has 0 saturated carbocycles. The van der Waals surface area contributed by atoms with Crippen molar-refractivity contribution in [3.63, 3.8) is 0 Å². The van der Waals surface area contributed by atoms with E-state index >= 15 is 0 Å². The molecular weight excluding hydrogens is 254 g/mol. The molecule has 0 aliphatic heterocycles. The molecule has 1 aromatic heterocycles. The van der Waals surface area contributed by atoms with Gasteiger partial charge in [0.05, 0.1) is 8.71 Å². The molecule has 0 saturated heterocycles. The normalized spacial score (nSPS) is 11.7. The van der Waals surface area contributed by atoms with Crippen LogP contribution in [0.5, 0.6) is 0 Å². The molecule has 0 atom stereocenters. The van der Waals surface area contributed by atoms with Crippen LogP contribution in [0, 0.1) is 10.1 Å². The molecule has 13 heavy (non-hydrogen) atoms. The maximum atomic E-state index is 10.5. The smallest absolute Gasteiger partial charge is 0.246 e. The summed E-state index contributed by atoms with van der Waals surface area (Å²) < 4.78 is 0.984. The fourth-order valence-corrected chi connectivity index (χ4v) is 2.01. The minimum Gasteiger partial charge on any atom is -0.259 e. The highest BCUT2D eigenvalue weighted by Crippen LogP contribution is 2.22. The third-order valence-electron chi connectivity index (χ3n) is 1.52.